The maximum atomic E-state index is 13.2. The lowest BCUT2D eigenvalue weighted by molar-refractivity contribution is -0.142. The van der Waals surface area contributed by atoms with Crippen LogP contribution in [-0.4, -0.2) is 37.7 Å². The van der Waals surface area contributed by atoms with Gasteiger partial charge in [-0.05, 0) is 30.9 Å². The van der Waals surface area contributed by atoms with Gasteiger partial charge in [-0.1, -0.05) is 38.1 Å². The SMILES string of the molecule is CCC(CC)n1ncc(C(=O)N2Cc3ccccc3CC2C(=O)O)c1C. The van der Waals surface area contributed by atoms with E-state index in [0.29, 0.717) is 18.5 Å². The molecule has 0 saturated heterocycles. The van der Waals surface area contributed by atoms with E-state index in [4.69, 9.17) is 0 Å². The molecule has 1 aliphatic heterocycles. The Morgan fingerprint density at radius 3 is 2.50 bits per heavy atom. The van der Waals surface area contributed by atoms with E-state index < -0.39 is 12.0 Å². The number of rotatable bonds is 5. The number of nitrogens with zero attached hydrogens (tertiary/aromatic N) is 3. The number of aliphatic carboxylic acids is 1. The van der Waals surface area contributed by atoms with Crippen molar-refractivity contribution in [2.24, 2.45) is 0 Å². The molecule has 138 valence electrons. The maximum absolute atomic E-state index is 13.2. The number of carboxylic acids is 1. The first-order chi connectivity index (χ1) is 12.5. The lowest BCUT2D eigenvalue weighted by Crippen LogP contribution is -2.48. The number of carboxylic acid groups (broad SMARTS) is 1. The summed E-state index contributed by atoms with van der Waals surface area (Å²) in [6, 6.07) is 7.09. The van der Waals surface area contributed by atoms with Crippen LogP contribution < -0.4 is 0 Å². The van der Waals surface area contributed by atoms with E-state index >= 15 is 0 Å². The number of carbonyl (C=O) groups excluding carboxylic acids is 1. The summed E-state index contributed by atoms with van der Waals surface area (Å²) in [5.74, 6) is -1.24. The highest BCUT2D eigenvalue weighted by Gasteiger charge is 2.36. The predicted octanol–water partition coefficient (Wildman–Crippen LogP) is 3.20. The van der Waals surface area contributed by atoms with Crippen LogP contribution in [0, 0.1) is 6.92 Å². The smallest absolute Gasteiger partial charge is 0.326 e. The Hall–Kier alpha value is -2.63. The standard InChI is InChI=1S/C20H25N3O3/c1-4-16(5-2)23-13(3)17(11-21-23)19(24)22-12-15-9-7-6-8-14(15)10-18(22)20(25)26/h6-9,11,16,18H,4-5,10,12H2,1-3H3,(H,25,26). The van der Waals surface area contributed by atoms with E-state index in [0.717, 1.165) is 29.7 Å². The summed E-state index contributed by atoms with van der Waals surface area (Å²) < 4.78 is 1.89. The fraction of sp³-hybridized carbons (Fsp3) is 0.450. The largest absolute Gasteiger partial charge is 0.480 e. The van der Waals surface area contributed by atoms with Crippen LogP contribution in [0.1, 0.15) is 59.9 Å². The molecule has 0 saturated carbocycles. The van der Waals surface area contributed by atoms with Crippen molar-refractivity contribution in [3.63, 3.8) is 0 Å². The predicted molar refractivity (Wildman–Crippen MR) is 98.0 cm³/mol. The van der Waals surface area contributed by atoms with Crippen molar-refractivity contribution < 1.29 is 14.7 Å². The number of hydrogen-bond acceptors (Lipinski definition) is 3. The molecule has 2 heterocycles. The van der Waals surface area contributed by atoms with E-state index in [1.807, 2.05) is 35.9 Å². The topological polar surface area (TPSA) is 75.4 Å². The number of amides is 1. The van der Waals surface area contributed by atoms with Crippen molar-refractivity contribution >= 4 is 11.9 Å². The molecule has 26 heavy (non-hydrogen) atoms. The first-order valence-corrected chi connectivity index (χ1v) is 9.12. The second-order valence-electron chi connectivity index (χ2n) is 6.82. The van der Waals surface area contributed by atoms with Gasteiger partial charge in [-0.25, -0.2) is 4.79 Å². The molecular weight excluding hydrogens is 330 g/mol. The second-order valence-corrected chi connectivity index (χ2v) is 6.82. The van der Waals surface area contributed by atoms with Crippen molar-refractivity contribution in [2.45, 2.75) is 58.7 Å². The zero-order valence-electron chi connectivity index (χ0n) is 15.5. The first kappa shape index (κ1) is 18.2. The molecule has 1 atom stereocenters. The Kier molecular flexibility index (Phi) is 5.11. The van der Waals surface area contributed by atoms with Crippen molar-refractivity contribution in [1.29, 1.82) is 0 Å². The average molecular weight is 355 g/mol. The summed E-state index contributed by atoms with van der Waals surface area (Å²) >= 11 is 0. The Morgan fingerprint density at radius 1 is 1.23 bits per heavy atom. The minimum absolute atomic E-state index is 0.244. The van der Waals surface area contributed by atoms with Gasteiger partial charge in [-0.3, -0.25) is 9.48 Å². The summed E-state index contributed by atoms with van der Waals surface area (Å²) in [6.45, 7) is 6.38. The normalized spacial score (nSPS) is 16.6. The van der Waals surface area contributed by atoms with Gasteiger partial charge in [-0.2, -0.15) is 5.10 Å². The van der Waals surface area contributed by atoms with Crippen LogP contribution in [0.2, 0.25) is 0 Å². The first-order valence-electron chi connectivity index (χ1n) is 9.12. The average Bonchev–Trinajstić information content (AvgIpc) is 3.02. The molecule has 1 N–H and O–H groups in total. The van der Waals surface area contributed by atoms with Gasteiger partial charge in [0.1, 0.15) is 6.04 Å². The fourth-order valence-corrected chi connectivity index (χ4v) is 3.75. The maximum Gasteiger partial charge on any atom is 0.326 e. The van der Waals surface area contributed by atoms with Crippen molar-refractivity contribution in [1.82, 2.24) is 14.7 Å². The van der Waals surface area contributed by atoms with Crippen LogP contribution in [0.5, 0.6) is 0 Å². The highest BCUT2D eigenvalue weighted by Crippen LogP contribution is 2.27. The number of fused-ring (bicyclic) bond motifs is 1. The minimum Gasteiger partial charge on any atom is -0.480 e. The third kappa shape index (κ3) is 3.11. The highest BCUT2D eigenvalue weighted by atomic mass is 16.4. The van der Waals surface area contributed by atoms with Crippen LogP contribution in [0.3, 0.4) is 0 Å². The summed E-state index contributed by atoms with van der Waals surface area (Å²) in [7, 11) is 0. The van der Waals surface area contributed by atoms with Crippen LogP contribution >= 0.6 is 0 Å². The molecule has 0 bridgehead atoms. The zero-order valence-corrected chi connectivity index (χ0v) is 15.5. The third-order valence-electron chi connectivity index (χ3n) is 5.36. The summed E-state index contributed by atoms with van der Waals surface area (Å²) in [6.07, 6.45) is 3.77. The molecule has 2 aromatic rings. The Bertz CT molecular complexity index is 823. The third-order valence-corrected chi connectivity index (χ3v) is 5.36. The van der Waals surface area contributed by atoms with Crippen LogP contribution in [-0.2, 0) is 17.8 Å². The van der Waals surface area contributed by atoms with Gasteiger partial charge in [0.2, 0.25) is 0 Å². The number of benzene rings is 1. The van der Waals surface area contributed by atoms with Crippen LogP contribution in [0.4, 0.5) is 0 Å². The number of aromatic nitrogens is 2. The lowest BCUT2D eigenvalue weighted by atomic mass is 9.93. The van der Waals surface area contributed by atoms with E-state index in [1.54, 1.807) is 6.20 Å². The molecule has 0 aliphatic carbocycles. The molecule has 1 aromatic carbocycles. The molecule has 6 heteroatoms. The monoisotopic (exact) mass is 355 g/mol. The van der Waals surface area contributed by atoms with Crippen molar-refractivity contribution in [2.75, 3.05) is 0 Å². The molecule has 3 rings (SSSR count). The quantitative estimate of drug-likeness (QED) is 0.894. The second kappa shape index (κ2) is 7.32. The van der Waals surface area contributed by atoms with Crippen LogP contribution in [0.15, 0.2) is 30.5 Å². The van der Waals surface area contributed by atoms with E-state index in [2.05, 4.69) is 18.9 Å². The van der Waals surface area contributed by atoms with Gasteiger partial charge in [0.15, 0.2) is 0 Å². The zero-order chi connectivity index (χ0) is 18.8. The van der Waals surface area contributed by atoms with Gasteiger partial charge in [0, 0.05) is 18.7 Å². The van der Waals surface area contributed by atoms with E-state index in [1.165, 1.54) is 4.90 Å². The molecule has 6 nitrogen and oxygen atoms in total. The summed E-state index contributed by atoms with van der Waals surface area (Å²) in [5.41, 5.74) is 3.28. The highest BCUT2D eigenvalue weighted by molar-refractivity contribution is 5.97. The molecule has 1 aliphatic rings. The lowest BCUT2D eigenvalue weighted by Gasteiger charge is -2.34. The molecule has 0 spiro atoms. The van der Waals surface area contributed by atoms with E-state index in [9.17, 15) is 14.7 Å². The molecule has 1 unspecified atom stereocenters. The number of hydrogen-bond donors (Lipinski definition) is 1. The fourth-order valence-electron chi connectivity index (χ4n) is 3.75. The Balaban J connectivity index is 1.95. The van der Waals surface area contributed by atoms with Crippen molar-refractivity contribution in [3.8, 4) is 0 Å². The Morgan fingerprint density at radius 2 is 1.88 bits per heavy atom. The minimum atomic E-state index is -0.974. The van der Waals surface area contributed by atoms with Gasteiger partial charge >= 0.3 is 5.97 Å². The molecule has 0 radical (unpaired) electrons. The van der Waals surface area contributed by atoms with Gasteiger partial charge in [0.05, 0.1) is 17.8 Å². The van der Waals surface area contributed by atoms with Crippen LogP contribution in [0.25, 0.3) is 0 Å². The number of carbonyl (C=O) groups is 2. The molecule has 1 amide bonds. The van der Waals surface area contributed by atoms with Crippen molar-refractivity contribution in [3.05, 3.63) is 52.8 Å². The molecule has 0 fully saturated rings. The Labute approximate surface area is 153 Å². The van der Waals surface area contributed by atoms with Gasteiger partial charge < -0.3 is 10.0 Å². The molecular formula is C20H25N3O3. The van der Waals surface area contributed by atoms with E-state index in [-0.39, 0.29) is 11.9 Å². The molecule has 1 aromatic heterocycles. The summed E-state index contributed by atoms with van der Waals surface area (Å²) in [4.78, 5) is 26.4. The van der Waals surface area contributed by atoms with Gasteiger partial charge in [0.25, 0.3) is 5.91 Å². The summed E-state index contributed by atoms with van der Waals surface area (Å²) in [5, 5.41) is 14.1. The van der Waals surface area contributed by atoms with Gasteiger partial charge in [-0.15, -0.1) is 0 Å².